The molecule has 0 fully saturated rings. The van der Waals surface area contributed by atoms with Crippen molar-refractivity contribution in [2.24, 2.45) is 0 Å². The lowest BCUT2D eigenvalue weighted by atomic mass is 10.0. The summed E-state index contributed by atoms with van der Waals surface area (Å²) < 4.78 is 0. The highest BCUT2D eigenvalue weighted by Crippen LogP contribution is 2.35. The van der Waals surface area contributed by atoms with Crippen LogP contribution in [-0.2, 0) is 19.3 Å². The highest BCUT2D eigenvalue weighted by atomic mass is 14.8. The Morgan fingerprint density at radius 3 is 1.76 bits per heavy atom. The highest BCUT2D eigenvalue weighted by molar-refractivity contribution is 5.93. The van der Waals surface area contributed by atoms with Crippen molar-refractivity contribution in [2.75, 3.05) is 0 Å². The first-order valence-corrected chi connectivity index (χ1v) is 16.6. The van der Waals surface area contributed by atoms with Crippen molar-refractivity contribution in [3.63, 3.8) is 0 Å². The molecule has 7 rings (SSSR count). The van der Waals surface area contributed by atoms with Crippen molar-refractivity contribution in [3.8, 4) is 11.1 Å². The second-order valence-electron chi connectivity index (χ2n) is 12.2. The van der Waals surface area contributed by atoms with E-state index in [0.29, 0.717) is 0 Å². The van der Waals surface area contributed by atoms with Crippen LogP contribution in [0.3, 0.4) is 0 Å². The summed E-state index contributed by atoms with van der Waals surface area (Å²) in [7, 11) is 0. The first kappa shape index (κ1) is 29.7. The highest BCUT2D eigenvalue weighted by Gasteiger charge is 2.19. The minimum atomic E-state index is 0.895. The van der Waals surface area contributed by atoms with Crippen LogP contribution >= 0.6 is 0 Å². The number of aromatic nitrogens is 5. The molecule has 5 heteroatoms. The fourth-order valence-corrected chi connectivity index (χ4v) is 7.21. The molecule has 230 valence electrons. The average molecular weight is 604 g/mol. The van der Waals surface area contributed by atoms with Crippen LogP contribution in [0, 0.1) is 6.92 Å². The molecule has 3 aliphatic rings. The van der Waals surface area contributed by atoms with Gasteiger partial charge < -0.3 is 9.97 Å². The molecule has 0 aliphatic carbocycles. The zero-order valence-electron chi connectivity index (χ0n) is 27.7. The Morgan fingerprint density at radius 1 is 0.543 bits per heavy atom. The second kappa shape index (κ2) is 12.1. The molecular weight excluding hydrogens is 562 g/mol. The maximum Gasteiger partial charge on any atom is 0.0737 e. The van der Waals surface area contributed by atoms with Gasteiger partial charge in [-0.05, 0) is 127 Å². The van der Waals surface area contributed by atoms with Gasteiger partial charge in [0.15, 0.2) is 0 Å². The van der Waals surface area contributed by atoms with Crippen LogP contribution in [0.15, 0.2) is 54.6 Å². The van der Waals surface area contributed by atoms with E-state index in [2.05, 4.69) is 124 Å². The summed E-state index contributed by atoms with van der Waals surface area (Å²) in [6, 6.07) is 19.3. The lowest BCUT2D eigenvalue weighted by Gasteiger charge is -2.04. The molecule has 0 atom stereocenters. The molecule has 10 bridgehead atoms. The number of allylic oxidation sites excluding steroid dienone is 2. The smallest absolute Gasteiger partial charge is 0.0737 e. The third-order valence-corrected chi connectivity index (χ3v) is 9.58. The quantitative estimate of drug-likeness (QED) is 0.206. The van der Waals surface area contributed by atoms with Gasteiger partial charge in [0, 0.05) is 27.6 Å². The Balaban J connectivity index is 1.63. The number of nitrogens with zero attached hydrogens (tertiary/aromatic N) is 3. The third-order valence-electron chi connectivity index (χ3n) is 9.58. The van der Waals surface area contributed by atoms with Gasteiger partial charge >= 0.3 is 0 Å². The minimum absolute atomic E-state index is 0.895. The largest absolute Gasteiger partial charge is 0.355 e. The van der Waals surface area contributed by atoms with Crippen molar-refractivity contribution >= 4 is 57.5 Å². The first-order chi connectivity index (χ1) is 22.4. The van der Waals surface area contributed by atoms with E-state index in [-0.39, 0.29) is 0 Å². The molecule has 0 unspecified atom stereocenters. The molecule has 0 amide bonds. The SMILES string of the molecule is CCC1=C(C)c2cc3nc(c(-c4ccccc4)c4nc(cc5[nH]c(cc6[nH]c(cc1n2)c(CC)c6CC)c(CC)c5C)C=C4)C=C3. The van der Waals surface area contributed by atoms with E-state index in [0.717, 1.165) is 87.5 Å². The van der Waals surface area contributed by atoms with Gasteiger partial charge in [-0.25, -0.2) is 15.0 Å². The van der Waals surface area contributed by atoms with Crippen LogP contribution in [0.2, 0.25) is 0 Å². The molecule has 3 aromatic heterocycles. The van der Waals surface area contributed by atoms with Crippen molar-refractivity contribution in [2.45, 2.75) is 67.2 Å². The van der Waals surface area contributed by atoms with E-state index >= 15 is 0 Å². The zero-order chi connectivity index (χ0) is 31.9. The van der Waals surface area contributed by atoms with Gasteiger partial charge in [-0.1, -0.05) is 58.0 Å². The summed E-state index contributed by atoms with van der Waals surface area (Å²) in [5, 5.41) is 0. The molecule has 4 aromatic rings. The molecule has 0 saturated heterocycles. The second-order valence-corrected chi connectivity index (χ2v) is 12.2. The Kier molecular flexibility index (Phi) is 7.77. The third kappa shape index (κ3) is 5.10. The number of hydrogen-bond acceptors (Lipinski definition) is 3. The van der Waals surface area contributed by atoms with Gasteiger partial charge in [0.25, 0.3) is 0 Å². The molecule has 1 aromatic carbocycles. The van der Waals surface area contributed by atoms with Gasteiger partial charge in [-0.2, -0.15) is 0 Å². The van der Waals surface area contributed by atoms with E-state index < -0.39 is 0 Å². The number of hydrogen-bond donors (Lipinski definition) is 2. The zero-order valence-corrected chi connectivity index (χ0v) is 27.7. The summed E-state index contributed by atoms with van der Waals surface area (Å²) in [5.74, 6) is 0. The number of rotatable bonds is 5. The molecule has 0 saturated carbocycles. The molecule has 0 radical (unpaired) electrons. The lowest BCUT2D eigenvalue weighted by Crippen LogP contribution is -1.88. The van der Waals surface area contributed by atoms with Gasteiger partial charge in [0.1, 0.15) is 0 Å². The summed E-state index contributed by atoms with van der Waals surface area (Å²) in [4.78, 5) is 23.0. The maximum absolute atomic E-state index is 5.20. The van der Waals surface area contributed by atoms with E-state index in [1.54, 1.807) is 0 Å². The Labute approximate surface area is 271 Å². The van der Waals surface area contributed by atoms with Crippen LogP contribution in [-0.4, -0.2) is 24.9 Å². The number of fused-ring (bicyclic) bond motifs is 10. The van der Waals surface area contributed by atoms with Gasteiger partial charge in [0.2, 0.25) is 0 Å². The Morgan fingerprint density at radius 2 is 1.13 bits per heavy atom. The van der Waals surface area contributed by atoms with Crippen molar-refractivity contribution < 1.29 is 0 Å². The van der Waals surface area contributed by atoms with Crippen molar-refractivity contribution in [1.29, 1.82) is 0 Å². The molecule has 3 aliphatic heterocycles. The van der Waals surface area contributed by atoms with Gasteiger partial charge in [-0.15, -0.1) is 0 Å². The van der Waals surface area contributed by atoms with Gasteiger partial charge in [-0.3, -0.25) is 0 Å². The average Bonchev–Trinajstić information content (AvgIpc) is 3.88. The molecule has 2 N–H and O–H groups in total. The van der Waals surface area contributed by atoms with E-state index in [9.17, 15) is 0 Å². The van der Waals surface area contributed by atoms with Crippen molar-refractivity contribution in [1.82, 2.24) is 24.9 Å². The molecular formula is C41H41N5. The summed E-state index contributed by atoms with van der Waals surface area (Å²) in [6.45, 7) is 13.3. The monoisotopic (exact) mass is 603 g/mol. The van der Waals surface area contributed by atoms with E-state index in [1.165, 1.54) is 38.9 Å². The standard InChI is InChI=1S/C41H41N5/c1-7-29-24(5)35-20-27-16-18-33(42-27)41(26-14-12-11-13-15-26)34-19-17-28(43-34)21-36-25(6)30(8-2)38(45-36)23-40-32(10-4)31(9-3)39(46-40)22-37(29)44-35/h11-23,44,46H,7-10H2,1-6H3. The van der Waals surface area contributed by atoms with Crippen LogP contribution in [0.1, 0.15) is 97.5 Å². The number of H-pyrrole nitrogens is 2. The maximum atomic E-state index is 5.20. The first-order valence-electron chi connectivity index (χ1n) is 16.6. The molecule has 6 heterocycles. The number of benzene rings is 1. The van der Waals surface area contributed by atoms with Crippen LogP contribution in [0.4, 0.5) is 0 Å². The van der Waals surface area contributed by atoms with Gasteiger partial charge in [0.05, 0.1) is 34.2 Å². The molecule has 5 nitrogen and oxygen atoms in total. The predicted molar refractivity (Wildman–Crippen MR) is 195 cm³/mol. The topological polar surface area (TPSA) is 70.2 Å². The van der Waals surface area contributed by atoms with Crippen LogP contribution < -0.4 is 0 Å². The summed E-state index contributed by atoms with van der Waals surface area (Å²) in [5.41, 5.74) is 20.1. The lowest BCUT2D eigenvalue weighted by molar-refractivity contribution is 1.07. The fraction of sp³-hybridized carbons (Fsp3) is 0.244. The molecule has 0 spiro atoms. The van der Waals surface area contributed by atoms with Crippen LogP contribution in [0.5, 0.6) is 0 Å². The van der Waals surface area contributed by atoms with E-state index in [4.69, 9.17) is 15.0 Å². The number of aryl methyl sites for hydroxylation is 4. The normalized spacial score (nSPS) is 13.1. The number of nitrogens with one attached hydrogen (secondary N) is 2. The van der Waals surface area contributed by atoms with E-state index in [1.807, 2.05) is 6.07 Å². The number of aromatic amines is 2. The predicted octanol–water partition coefficient (Wildman–Crippen LogP) is 10.5. The molecule has 46 heavy (non-hydrogen) atoms. The Hall–Kier alpha value is -5.03. The van der Waals surface area contributed by atoms with Crippen molar-refractivity contribution in [3.05, 3.63) is 111 Å². The summed E-state index contributed by atoms with van der Waals surface area (Å²) in [6.07, 6.45) is 12.2. The summed E-state index contributed by atoms with van der Waals surface area (Å²) >= 11 is 0. The Bertz CT molecular complexity index is 2210. The minimum Gasteiger partial charge on any atom is -0.355 e. The fourth-order valence-electron chi connectivity index (χ4n) is 7.21. The van der Waals surface area contributed by atoms with Crippen LogP contribution in [0.25, 0.3) is 68.6 Å².